The smallest absolute Gasteiger partial charge is 0.290 e. The molecule has 2 amide bonds. The van der Waals surface area contributed by atoms with E-state index in [2.05, 4.69) is 10.2 Å². The topological polar surface area (TPSA) is 65.8 Å². The van der Waals surface area contributed by atoms with E-state index in [4.69, 9.17) is 4.42 Å². The lowest BCUT2D eigenvalue weighted by atomic mass is 10.2. The Morgan fingerprint density at radius 3 is 2.76 bits per heavy atom. The third-order valence-electron chi connectivity index (χ3n) is 4.49. The van der Waals surface area contributed by atoms with Crippen LogP contribution in [0.1, 0.15) is 23.4 Å². The van der Waals surface area contributed by atoms with E-state index in [0.717, 1.165) is 12.1 Å². The summed E-state index contributed by atoms with van der Waals surface area (Å²) in [4.78, 5) is 28.6. The number of amides is 2. The van der Waals surface area contributed by atoms with Crippen LogP contribution in [0.15, 0.2) is 53.1 Å². The minimum atomic E-state index is -0.417. The molecule has 3 rings (SSSR count). The largest absolute Gasteiger partial charge is 0.459 e. The van der Waals surface area contributed by atoms with Crippen molar-refractivity contribution < 1.29 is 14.0 Å². The van der Waals surface area contributed by atoms with Gasteiger partial charge in [-0.2, -0.15) is 0 Å². The van der Waals surface area contributed by atoms with E-state index < -0.39 is 6.04 Å². The Hall–Kier alpha value is -2.76. The second kappa shape index (κ2) is 7.88. The maximum absolute atomic E-state index is 12.5. The molecule has 0 aliphatic carbocycles. The van der Waals surface area contributed by atoms with Gasteiger partial charge >= 0.3 is 0 Å². The van der Waals surface area contributed by atoms with Crippen LogP contribution >= 0.6 is 0 Å². The first-order valence-corrected chi connectivity index (χ1v) is 8.55. The molecule has 1 fully saturated rings. The van der Waals surface area contributed by atoms with Gasteiger partial charge in [0, 0.05) is 32.4 Å². The van der Waals surface area contributed by atoms with Gasteiger partial charge in [-0.05, 0) is 37.1 Å². The molecule has 1 atom stereocenters. The first-order chi connectivity index (χ1) is 12.2. The highest BCUT2D eigenvalue weighted by Gasteiger charge is 2.35. The second-order valence-corrected chi connectivity index (χ2v) is 6.18. The molecule has 2 heterocycles. The number of para-hydroxylation sites is 1. The Morgan fingerprint density at radius 2 is 2.04 bits per heavy atom. The number of rotatable bonds is 6. The summed E-state index contributed by atoms with van der Waals surface area (Å²) in [5.74, 6) is -0.0357. The van der Waals surface area contributed by atoms with Crippen molar-refractivity contribution in [3.63, 3.8) is 0 Å². The number of likely N-dealkylation sites (N-methyl/N-ethyl adjacent to an activating group) is 1. The fourth-order valence-corrected chi connectivity index (χ4v) is 3.10. The molecule has 1 aliphatic heterocycles. The lowest BCUT2D eigenvalue weighted by molar-refractivity contribution is -0.124. The first-order valence-electron chi connectivity index (χ1n) is 8.55. The molecule has 1 unspecified atom stereocenters. The molecule has 1 aliphatic rings. The fraction of sp³-hybridized carbons (Fsp3) is 0.368. The van der Waals surface area contributed by atoms with Crippen molar-refractivity contribution in [2.75, 3.05) is 31.6 Å². The van der Waals surface area contributed by atoms with E-state index in [0.29, 0.717) is 26.1 Å². The number of benzene rings is 1. The van der Waals surface area contributed by atoms with E-state index in [1.54, 1.807) is 17.0 Å². The lowest BCUT2D eigenvalue weighted by Crippen LogP contribution is -2.47. The van der Waals surface area contributed by atoms with Gasteiger partial charge in [0.25, 0.3) is 5.91 Å². The molecule has 0 spiro atoms. The van der Waals surface area contributed by atoms with Crippen molar-refractivity contribution >= 4 is 17.5 Å². The number of furan rings is 1. The third-order valence-corrected chi connectivity index (χ3v) is 4.49. The molecule has 6 heteroatoms. The van der Waals surface area contributed by atoms with Crippen molar-refractivity contribution in [2.45, 2.75) is 18.9 Å². The van der Waals surface area contributed by atoms with Gasteiger partial charge in [-0.15, -0.1) is 0 Å². The number of nitrogens with one attached hydrogen (secondary N) is 1. The minimum absolute atomic E-state index is 0.0983. The summed E-state index contributed by atoms with van der Waals surface area (Å²) in [6.07, 6.45) is 2.99. The fourth-order valence-electron chi connectivity index (χ4n) is 3.10. The van der Waals surface area contributed by atoms with Crippen LogP contribution in [0.25, 0.3) is 0 Å². The van der Waals surface area contributed by atoms with Crippen LogP contribution < -0.4 is 10.2 Å². The molecule has 0 saturated carbocycles. The van der Waals surface area contributed by atoms with Crippen LogP contribution in [-0.2, 0) is 4.79 Å². The van der Waals surface area contributed by atoms with E-state index in [1.165, 1.54) is 6.26 Å². The number of carbonyl (C=O) groups excluding carboxylic acids is 2. The van der Waals surface area contributed by atoms with E-state index >= 15 is 0 Å². The molecule has 2 aromatic rings. The Morgan fingerprint density at radius 1 is 1.24 bits per heavy atom. The van der Waals surface area contributed by atoms with E-state index in [1.807, 2.05) is 37.4 Å². The maximum Gasteiger partial charge on any atom is 0.290 e. The molecule has 0 bridgehead atoms. The van der Waals surface area contributed by atoms with E-state index in [9.17, 15) is 9.59 Å². The van der Waals surface area contributed by atoms with Crippen LogP contribution in [0.5, 0.6) is 0 Å². The SMILES string of the molecule is CN(CCNC(=O)C1CCCN1C(=O)c1ccco1)c1ccccc1. The standard InChI is InChI=1S/C19H23N3O3/c1-21(15-7-3-2-4-8-15)13-11-20-18(23)16-9-5-12-22(16)19(24)17-10-6-14-25-17/h2-4,6-8,10,14,16H,5,9,11-13H2,1H3,(H,20,23). The van der Waals surface area contributed by atoms with Crippen molar-refractivity contribution in [1.82, 2.24) is 10.2 Å². The van der Waals surface area contributed by atoms with Crippen LogP contribution in [0.3, 0.4) is 0 Å². The summed E-state index contributed by atoms with van der Waals surface area (Å²) in [5.41, 5.74) is 1.10. The van der Waals surface area contributed by atoms with Gasteiger partial charge in [0.05, 0.1) is 6.26 Å². The second-order valence-electron chi connectivity index (χ2n) is 6.18. The Balaban J connectivity index is 1.51. The number of hydrogen-bond donors (Lipinski definition) is 1. The summed E-state index contributed by atoms with van der Waals surface area (Å²) >= 11 is 0. The highest BCUT2D eigenvalue weighted by molar-refractivity contribution is 5.95. The van der Waals surface area contributed by atoms with E-state index in [-0.39, 0.29) is 17.6 Å². The zero-order valence-electron chi connectivity index (χ0n) is 14.4. The molecule has 132 valence electrons. The Kier molecular flexibility index (Phi) is 5.38. The Labute approximate surface area is 147 Å². The summed E-state index contributed by atoms with van der Waals surface area (Å²) < 4.78 is 5.17. The summed E-state index contributed by atoms with van der Waals surface area (Å²) in [6.45, 7) is 1.82. The molecule has 0 radical (unpaired) electrons. The third kappa shape index (κ3) is 4.02. The number of likely N-dealkylation sites (tertiary alicyclic amines) is 1. The maximum atomic E-state index is 12.5. The van der Waals surface area contributed by atoms with Gasteiger partial charge in [-0.1, -0.05) is 18.2 Å². The van der Waals surface area contributed by atoms with Crippen molar-refractivity contribution in [1.29, 1.82) is 0 Å². The van der Waals surface area contributed by atoms with Crippen molar-refractivity contribution in [2.24, 2.45) is 0 Å². The molecule has 1 aromatic carbocycles. The zero-order valence-corrected chi connectivity index (χ0v) is 14.4. The highest BCUT2D eigenvalue weighted by atomic mass is 16.3. The molecular weight excluding hydrogens is 318 g/mol. The molecular formula is C19H23N3O3. The average molecular weight is 341 g/mol. The van der Waals surface area contributed by atoms with Crippen LogP contribution in [-0.4, -0.2) is 49.4 Å². The molecule has 6 nitrogen and oxygen atoms in total. The van der Waals surface area contributed by atoms with Crippen LogP contribution in [0.2, 0.25) is 0 Å². The van der Waals surface area contributed by atoms with Gasteiger partial charge in [-0.25, -0.2) is 0 Å². The van der Waals surface area contributed by atoms with Crippen LogP contribution in [0.4, 0.5) is 5.69 Å². The summed E-state index contributed by atoms with van der Waals surface area (Å²) in [7, 11) is 1.99. The highest BCUT2D eigenvalue weighted by Crippen LogP contribution is 2.20. The molecule has 1 saturated heterocycles. The van der Waals surface area contributed by atoms with Gasteiger partial charge < -0.3 is 19.5 Å². The van der Waals surface area contributed by atoms with Gasteiger partial charge in [0.2, 0.25) is 5.91 Å². The number of hydrogen-bond acceptors (Lipinski definition) is 4. The van der Waals surface area contributed by atoms with Crippen molar-refractivity contribution in [3.05, 3.63) is 54.5 Å². The van der Waals surface area contributed by atoms with Gasteiger partial charge in [0.1, 0.15) is 6.04 Å². The minimum Gasteiger partial charge on any atom is -0.459 e. The predicted octanol–water partition coefficient (Wildman–Crippen LogP) is 2.14. The quantitative estimate of drug-likeness (QED) is 0.874. The van der Waals surface area contributed by atoms with Gasteiger partial charge in [-0.3, -0.25) is 9.59 Å². The number of anilines is 1. The molecule has 25 heavy (non-hydrogen) atoms. The average Bonchev–Trinajstić information content (AvgIpc) is 3.33. The monoisotopic (exact) mass is 341 g/mol. The Bertz CT molecular complexity index is 700. The van der Waals surface area contributed by atoms with Crippen LogP contribution in [0, 0.1) is 0 Å². The molecule has 1 aromatic heterocycles. The predicted molar refractivity (Wildman–Crippen MR) is 95.5 cm³/mol. The summed E-state index contributed by atoms with van der Waals surface area (Å²) in [5, 5.41) is 2.95. The van der Waals surface area contributed by atoms with Gasteiger partial charge in [0.15, 0.2) is 5.76 Å². The summed E-state index contributed by atoms with van der Waals surface area (Å²) in [6, 6.07) is 12.9. The number of carbonyl (C=O) groups is 2. The number of nitrogens with zero attached hydrogens (tertiary/aromatic N) is 2. The normalized spacial score (nSPS) is 16.7. The van der Waals surface area contributed by atoms with Crippen molar-refractivity contribution in [3.8, 4) is 0 Å². The lowest BCUT2D eigenvalue weighted by Gasteiger charge is -2.24. The zero-order chi connectivity index (χ0) is 17.6. The molecule has 1 N–H and O–H groups in total. The first kappa shape index (κ1) is 17.1.